The number of hydrogen-bond donors (Lipinski definition) is 1. The van der Waals surface area contributed by atoms with Crippen LogP contribution in [0, 0.1) is 0 Å². The number of aromatic nitrogens is 1. The Bertz CT molecular complexity index is 743. The van der Waals surface area contributed by atoms with Crippen LogP contribution in [0.1, 0.15) is 11.3 Å². The molecule has 0 saturated carbocycles. The Labute approximate surface area is 118 Å². The first kappa shape index (κ1) is 12.4. The second-order valence-electron chi connectivity index (χ2n) is 4.63. The van der Waals surface area contributed by atoms with Crippen LogP contribution in [-0.2, 0) is 0 Å². The molecule has 20 heavy (non-hydrogen) atoms. The summed E-state index contributed by atoms with van der Waals surface area (Å²) in [6, 6.07) is 20.6. The maximum Gasteiger partial charge on any atom is 0.0709 e. The van der Waals surface area contributed by atoms with Crippen molar-refractivity contribution >= 4 is 28.7 Å². The van der Waals surface area contributed by atoms with E-state index >= 15 is 0 Å². The molecule has 0 aliphatic carbocycles. The van der Waals surface area contributed by atoms with E-state index in [-0.39, 0.29) is 0 Å². The van der Waals surface area contributed by atoms with E-state index in [0.29, 0.717) is 0 Å². The molecular formula is C18H16N2. The van der Waals surface area contributed by atoms with Gasteiger partial charge in [-0.25, -0.2) is 4.98 Å². The number of nitrogens with zero attached hydrogens (tertiary/aromatic N) is 1. The van der Waals surface area contributed by atoms with E-state index in [2.05, 4.69) is 52.8 Å². The summed E-state index contributed by atoms with van der Waals surface area (Å²) in [6.45, 7) is 0. The minimum atomic E-state index is 0.974. The topological polar surface area (TPSA) is 24.9 Å². The first-order chi connectivity index (χ1) is 9.85. The zero-order valence-corrected chi connectivity index (χ0v) is 11.4. The lowest BCUT2D eigenvalue weighted by Gasteiger charge is -2.00. The SMILES string of the molecule is CNc1ccc(C=Cc2ccc3ccccc3n2)cc1. The number of nitrogens with one attached hydrogen (secondary N) is 1. The fourth-order valence-corrected chi connectivity index (χ4v) is 2.12. The molecule has 0 aliphatic heterocycles. The number of anilines is 1. The highest BCUT2D eigenvalue weighted by Gasteiger charge is 1.95. The molecule has 0 radical (unpaired) electrons. The maximum absolute atomic E-state index is 4.62. The van der Waals surface area contributed by atoms with E-state index in [9.17, 15) is 0 Å². The molecule has 2 aromatic carbocycles. The molecule has 1 N–H and O–H groups in total. The lowest BCUT2D eigenvalue weighted by atomic mass is 10.1. The second kappa shape index (κ2) is 5.57. The summed E-state index contributed by atoms with van der Waals surface area (Å²) in [4.78, 5) is 4.62. The molecule has 0 amide bonds. The van der Waals surface area contributed by atoms with Crippen LogP contribution in [0.5, 0.6) is 0 Å². The van der Waals surface area contributed by atoms with Crippen LogP contribution in [0.25, 0.3) is 23.1 Å². The summed E-state index contributed by atoms with van der Waals surface area (Å²) in [7, 11) is 1.92. The quantitative estimate of drug-likeness (QED) is 0.752. The molecule has 2 heteroatoms. The number of pyridine rings is 1. The minimum absolute atomic E-state index is 0.974. The lowest BCUT2D eigenvalue weighted by Crippen LogP contribution is -1.86. The first-order valence-corrected chi connectivity index (χ1v) is 6.67. The van der Waals surface area contributed by atoms with Crippen molar-refractivity contribution in [1.82, 2.24) is 4.98 Å². The van der Waals surface area contributed by atoms with Crippen LogP contribution in [0.15, 0.2) is 60.7 Å². The van der Waals surface area contributed by atoms with Crippen LogP contribution in [-0.4, -0.2) is 12.0 Å². The normalized spacial score (nSPS) is 11.1. The van der Waals surface area contributed by atoms with Gasteiger partial charge in [0.2, 0.25) is 0 Å². The number of hydrogen-bond acceptors (Lipinski definition) is 2. The monoisotopic (exact) mass is 260 g/mol. The smallest absolute Gasteiger partial charge is 0.0709 e. The van der Waals surface area contributed by atoms with Gasteiger partial charge in [-0.3, -0.25) is 0 Å². The summed E-state index contributed by atoms with van der Waals surface area (Å²) >= 11 is 0. The Morgan fingerprint density at radius 2 is 1.65 bits per heavy atom. The molecule has 0 spiro atoms. The van der Waals surface area contributed by atoms with E-state index < -0.39 is 0 Å². The van der Waals surface area contributed by atoms with Crippen LogP contribution < -0.4 is 5.32 Å². The predicted octanol–water partition coefficient (Wildman–Crippen LogP) is 4.45. The summed E-state index contributed by atoms with van der Waals surface area (Å²) in [5.41, 5.74) is 4.28. The zero-order chi connectivity index (χ0) is 13.8. The van der Waals surface area contributed by atoms with Crippen LogP contribution in [0.3, 0.4) is 0 Å². The Kier molecular flexibility index (Phi) is 3.46. The third-order valence-corrected chi connectivity index (χ3v) is 3.27. The van der Waals surface area contributed by atoms with E-state index in [1.165, 1.54) is 10.9 Å². The van der Waals surface area contributed by atoms with Crippen molar-refractivity contribution in [2.45, 2.75) is 0 Å². The van der Waals surface area contributed by atoms with E-state index in [1.807, 2.05) is 37.4 Å². The van der Waals surface area contributed by atoms with Gasteiger partial charge in [-0.05, 0) is 35.9 Å². The van der Waals surface area contributed by atoms with Gasteiger partial charge in [0.05, 0.1) is 11.2 Å². The van der Waals surface area contributed by atoms with Gasteiger partial charge >= 0.3 is 0 Å². The van der Waals surface area contributed by atoms with E-state index in [0.717, 1.165) is 16.9 Å². The second-order valence-corrected chi connectivity index (χ2v) is 4.63. The Balaban J connectivity index is 1.85. The molecule has 0 bridgehead atoms. The number of benzene rings is 2. The molecule has 1 heterocycles. The molecule has 1 aromatic heterocycles. The average Bonchev–Trinajstić information content (AvgIpc) is 2.53. The highest BCUT2D eigenvalue weighted by Crippen LogP contribution is 2.15. The van der Waals surface area contributed by atoms with Gasteiger partial charge in [0.15, 0.2) is 0 Å². The molecule has 2 nitrogen and oxygen atoms in total. The molecule has 0 atom stereocenters. The third kappa shape index (κ3) is 2.69. The van der Waals surface area contributed by atoms with Gasteiger partial charge in [0.1, 0.15) is 0 Å². The number of rotatable bonds is 3. The highest BCUT2D eigenvalue weighted by molar-refractivity contribution is 5.80. The van der Waals surface area contributed by atoms with Gasteiger partial charge in [-0.1, -0.05) is 42.5 Å². The lowest BCUT2D eigenvalue weighted by molar-refractivity contribution is 1.37. The Morgan fingerprint density at radius 1 is 0.850 bits per heavy atom. The Hall–Kier alpha value is -2.61. The van der Waals surface area contributed by atoms with E-state index in [1.54, 1.807) is 0 Å². The fraction of sp³-hybridized carbons (Fsp3) is 0.0556. The summed E-state index contributed by atoms with van der Waals surface area (Å²) < 4.78 is 0. The van der Waals surface area contributed by atoms with Crippen molar-refractivity contribution in [2.75, 3.05) is 12.4 Å². The summed E-state index contributed by atoms with van der Waals surface area (Å²) in [5.74, 6) is 0. The van der Waals surface area contributed by atoms with Crippen molar-refractivity contribution in [3.05, 3.63) is 71.9 Å². The average molecular weight is 260 g/mol. The molecule has 98 valence electrons. The van der Waals surface area contributed by atoms with Gasteiger partial charge < -0.3 is 5.32 Å². The zero-order valence-electron chi connectivity index (χ0n) is 11.4. The van der Waals surface area contributed by atoms with Gasteiger partial charge in [-0.15, -0.1) is 0 Å². The molecule has 0 fully saturated rings. The number of fused-ring (bicyclic) bond motifs is 1. The van der Waals surface area contributed by atoms with Gasteiger partial charge in [0, 0.05) is 18.1 Å². The molecule has 0 aliphatic rings. The van der Waals surface area contributed by atoms with Crippen LogP contribution in [0.2, 0.25) is 0 Å². The highest BCUT2D eigenvalue weighted by atomic mass is 14.8. The van der Waals surface area contributed by atoms with Crippen molar-refractivity contribution in [3.63, 3.8) is 0 Å². The third-order valence-electron chi connectivity index (χ3n) is 3.27. The van der Waals surface area contributed by atoms with E-state index in [4.69, 9.17) is 0 Å². The molecule has 3 rings (SSSR count). The largest absolute Gasteiger partial charge is 0.388 e. The molecule has 0 unspecified atom stereocenters. The summed E-state index contributed by atoms with van der Waals surface area (Å²) in [5, 5.41) is 4.28. The number of para-hydroxylation sites is 1. The minimum Gasteiger partial charge on any atom is -0.388 e. The fourth-order valence-electron chi connectivity index (χ4n) is 2.12. The van der Waals surface area contributed by atoms with Gasteiger partial charge in [0.25, 0.3) is 0 Å². The van der Waals surface area contributed by atoms with Gasteiger partial charge in [-0.2, -0.15) is 0 Å². The van der Waals surface area contributed by atoms with Crippen LogP contribution >= 0.6 is 0 Å². The van der Waals surface area contributed by atoms with Crippen LogP contribution in [0.4, 0.5) is 5.69 Å². The molecular weight excluding hydrogens is 244 g/mol. The Morgan fingerprint density at radius 3 is 2.45 bits per heavy atom. The maximum atomic E-state index is 4.62. The molecule has 3 aromatic rings. The standard InChI is InChI=1S/C18H16N2/c1-19-16-10-6-14(7-11-16)8-12-17-13-9-15-4-2-3-5-18(15)20-17/h2-13,19H,1H3. The summed E-state index contributed by atoms with van der Waals surface area (Å²) in [6.07, 6.45) is 4.12. The molecule has 0 saturated heterocycles. The van der Waals surface area contributed by atoms with Crippen molar-refractivity contribution in [1.29, 1.82) is 0 Å². The van der Waals surface area contributed by atoms with Crippen molar-refractivity contribution < 1.29 is 0 Å². The van der Waals surface area contributed by atoms with Crippen molar-refractivity contribution in [2.24, 2.45) is 0 Å². The van der Waals surface area contributed by atoms with Crippen molar-refractivity contribution in [3.8, 4) is 0 Å². The predicted molar refractivity (Wildman–Crippen MR) is 86.7 cm³/mol. The first-order valence-electron chi connectivity index (χ1n) is 6.67.